The lowest BCUT2D eigenvalue weighted by Gasteiger charge is -2.27. The summed E-state index contributed by atoms with van der Waals surface area (Å²) in [5, 5.41) is 2.94. The molecule has 6 nitrogen and oxygen atoms in total. The number of nitrogens with two attached hydrogens (primary N) is 1. The molecule has 27 heavy (non-hydrogen) atoms. The molecule has 0 aliphatic carbocycles. The van der Waals surface area contributed by atoms with E-state index in [0.29, 0.717) is 32.8 Å². The van der Waals surface area contributed by atoms with Crippen molar-refractivity contribution in [3.05, 3.63) is 60.2 Å². The van der Waals surface area contributed by atoms with Crippen molar-refractivity contribution >= 4 is 5.91 Å². The fraction of sp³-hybridized carbons (Fsp3) is 0.381. The van der Waals surface area contributed by atoms with Gasteiger partial charge in [-0.15, -0.1) is 0 Å². The molecule has 0 saturated heterocycles. The van der Waals surface area contributed by atoms with Gasteiger partial charge in [-0.05, 0) is 24.1 Å². The first-order valence-corrected chi connectivity index (χ1v) is 9.36. The standard InChI is InChI=1S/C21H27N3O3/c22-11-13-24(12-10-17-6-2-1-3-7-17)15-21(25)23-14-18-16-26-19-8-4-5-9-20(19)27-18/h1-9,18H,10-16,22H2,(H,23,25). The molecular formula is C21H27N3O3. The Kier molecular flexibility index (Phi) is 7.07. The molecule has 3 rings (SSSR count). The summed E-state index contributed by atoms with van der Waals surface area (Å²) in [6, 6.07) is 17.8. The lowest BCUT2D eigenvalue weighted by molar-refractivity contribution is -0.122. The summed E-state index contributed by atoms with van der Waals surface area (Å²) < 4.78 is 11.5. The van der Waals surface area contributed by atoms with Crippen LogP contribution in [0.1, 0.15) is 5.56 Å². The molecule has 144 valence electrons. The number of nitrogens with one attached hydrogen (secondary N) is 1. The zero-order valence-electron chi connectivity index (χ0n) is 15.5. The predicted octanol–water partition coefficient (Wildman–Crippen LogP) is 1.45. The number of benzene rings is 2. The molecule has 0 fully saturated rings. The summed E-state index contributed by atoms with van der Waals surface area (Å²) in [5.74, 6) is 1.43. The van der Waals surface area contributed by atoms with Crippen LogP contribution in [0.2, 0.25) is 0 Å². The Hall–Kier alpha value is -2.57. The monoisotopic (exact) mass is 369 g/mol. The van der Waals surface area contributed by atoms with Crippen LogP contribution in [0, 0.1) is 0 Å². The highest BCUT2D eigenvalue weighted by Crippen LogP contribution is 2.30. The molecule has 0 radical (unpaired) electrons. The first-order chi connectivity index (χ1) is 13.2. The summed E-state index contributed by atoms with van der Waals surface area (Å²) in [7, 11) is 0. The molecular weight excluding hydrogens is 342 g/mol. The van der Waals surface area contributed by atoms with Crippen molar-refractivity contribution in [1.29, 1.82) is 0 Å². The van der Waals surface area contributed by atoms with Gasteiger partial charge >= 0.3 is 0 Å². The quantitative estimate of drug-likeness (QED) is 0.700. The van der Waals surface area contributed by atoms with E-state index < -0.39 is 0 Å². The van der Waals surface area contributed by atoms with Crippen LogP contribution in [-0.2, 0) is 11.2 Å². The molecule has 2 aromatic carbocycles. The lowest BCUT2D eigenvalue weighted by Crippen LogP contribution is -2.45. The predicted molar refractivity (Wildman–Crippen MR) is 105 cm³/mol. The van der Waals surface area contributed by atoms with Crippen molar-refractivity contribution in [3.63, 3.8) is 0 Å². The number of ether oxygens (including phenoxy) is 2. The van der Waals surface area contributed by atoms with Gasteiger partial charge in [0, 0.05) is 19.6 Å². The van der Waals surface area contributed by atoms with Gasteiger partial charge < -0.3 is 20.5 Å². The minimum Gasteiger partial charge on any atom is -0.486 e. The normalized spacial score (nSPS) is 15.6. The SMILES string of the molecule is NCCN(CCc1ccccc1)CC(=O)NCC1COc2ccccc2O1. The Bertz CT molecular complexity index is 724. The minimum atomic E-state index is -0.184. The van der Waals surface area contributed by atoms with Crippen molar-refractivity contribution < 1.29 is 14.3 Å². The highest BCUT2D eigenvalue weighted by Gasteiger charge is 2.21. The Labute approximate surface area is 160 Å². The number of hydrogen-bond donors (Lipinski definition) is 2. The fourth-order valence-corrected chi connectivity index (χ4v) is 3.03. The van der Waals surface area contributed by atoms with Crippen LogP contribution in [0.5, 0.6) is 11.5 Å². The van der Waals surface area contributed by atoms with Gasteiger partial charge in [0.05, 0.1) is 13.1 Å². The fourth-order valence-electron chi connectivity index (χ4n) is 3.03. The van der Waals surface area contributed by atoms with E-state index in [1.165, 1.54) is 5.56 Å². The van der Waals surface area contributed by atoms with Crippen molar-refractivity contribution in [2.75, 3.05) is 39.3 Å². The van der Waals surface area contributed by atoms with E-state index in [0.717, 1.165) is 24.5 Å². The van der Waals surface area contributed by atoms with Gasteiger partial charge in [0.15, 0.2) is 11.5 Å². The smallest absolute Gasteiger partial charge is 0.234 e. The van der Waals surface area contributed by atoms with E-state index in [2.05, 4.69) is 22.3 Å². The maximum atomic E-state index is 12.3. The number of nitrogens with zero attached hydrogens (tertiary/aromatic N) is 1. The number of fused-ring (bicyclic) bond motifs is 1. The van der Waals surface area contributed by atoms with Gasteiger partial charge in [-0.2, -0.15) is 0 Å². The van der Waals surface area contributed by atoms with Gasteiger partial charge in [0.1, 0.15) is 12.7 Å². The topological polar surface area (TPSA) is 76.8 Å². The van der Waals surface area contributed by atoms with Crippen LogP contribution in [0.3, 0.4) is 0 Å². The number of carbonyl (C=O) groups is 1. The summed E-state index contributed by atoms with van der Waals surface area (Å²) in [4.78, 5) is 14.4. The van der Waals surface area contributed by atoms with Gasteiger partial charge in [-0.1, -0.05) is 42.5 Å². The molecule has 1 unspecified atom stereocenters. The Balaban J connectivity index is 1.42. The second-order valence-electron chi connectivity index (χ2n) is 6.60. The third-order valence-electron chi connectivity index (χ3n) is 4.47. The van der Waals surface area contributed by atoms with Crippen molar-refractivity contribution in [1.82, 2.24) is 10.2 Å². The number of hydrogen-bond acceptors (Lipinski definition) is 5. The number of amides is 1. The van der Waals surface area contributed by atoms with Crippen molar-refractivity contribution in [2.45, 2.75) is 12.5 Å². The van der Waals surface area contributed by atoms with Crippen molar-refractivity contribution in [2.24, 2.45) is 5.73 Å². The Morgan fingerprint density at radius 1 is 1.07 bits per heavy atom. The second kappa shape index (κ2) is 9.94. The summed E-state index contributed by atoms with van der Waals surface area (Å²) >= 11 is 0. The summed E-state index contributed by atoms with van der Waals surface area (Å²) in [6.07, 6.45) is 0.709. The van der Waals surface area contributed by atoms with Crippen LogP contribution in [-0.4, -0.2) is 56.2 Å². The summed E-state index contributed by atoms with van der Waals surface area (Å²) in [5.41, 5.74) is 6.96. The van der Waals surface area contributed by atoms with Crippen molar-refractivity contribution in [3.8, 4) is 11.5 Å². The molecule has 0 spiro atoms. The molecule has 6 heteroatoms. The number of carbonyl (C=O) groups excluding carboxylic acids is 1. The van der Waals surface area contributed by atoms with Crippen LogP contribution in [0.4, 0.5) is 0 Å². The van der Waals surface area contributed by atoms with Gasteiger partial charge in [0.25, 0.3) is 0 Å². The van der Waals surface area contributed by atoms with E-state index >= 15 is 0 Å². The molecule has 0 bridgehead atoms. The second-order valence-corrected chi connectivity index (χ2v) is 6.60. The van der Waals surface area contributed by atoms with E-state index in [4.69, 9.17) is 15.2 Å². The largest absolute Gasteiger partial charge is 0.486 e. The van der Waals surface area contributed by atoms with Gasteiger partial charge in [-0.3, -0.25) is 9.69 Å². The van der Waals surface area contributed by atoms with Crippen LogP contribution < -0.4 is 20.5 Å². The zero-order valence-corrected chi connectivity index (χ0v) is 15.5. The first kappa shape index (κ1) is 19.2. The highest BCUT2D eigenvalue weighted by atomic mass is 16.6. The molecule has 1 amide bonds. The molecule has 1 heterocycles. The number of rotatable bonds is 9. The molecule has 0 saturated carbocycles. The van der Waals surface area contributed by atoms with Gasteiger partial charge in [-0.25, -0.2) is 0 Å². The Morgan fingerprint density at radius 3 is 2.59 bits per heavy atom. The highest BCUT2D eigenvalue weighted by molar-refractivity contribution is 5.78. The van der Waals surface area contributed by atoms with Crippen LogP contribution in [0.25, 0.3) is 0 Å². The van der Waals surface area contributed by atoms with Gasteiger partial charge in [0.2, 0.25) is 5.91 Å². The molecule has 1 atom stereocenters. The lowest BCUT2D eigenvalue weighted by atomic mass is 10.1. The van der Waals surface area contributed by atoms with E-state index in [1.54, 1.807) is 0 Å². The van der Waals surface area contributed by atoms with Crippen LogP contribution >= 0.6 is 0 Å². The molecule has 1 aliphatic rings. The Morgan fingerprint density at radius 2 is 1.81 bits per heavy atom. The van der Waals surface area contributed by atoms with E-state index in [9.17, 15) is 4.79 Å². The average molecular weight is 369 g/mol. The third kappa shape index (κ3) is 5.98. The third-order valence-corrected chi connectivity index (χ3v) is 4.47. The van der Waals surface area contributed by atoms with Crippen LogP contribution in [0.15, 0.2) is 54.6 Å². The minimum absolute atomic E-state index is 0.0287. The van der Waals surface area contributed by atoms with E-state index in [-0.39, 0.29) is 12.0 Å². The molecule has 1 aliphatic heterocycles. The number of para-hydroxylation sites is 2. The summed E-state index contributed by atoms with van der Waals surface area (Å²) in [6.45, 7) is 3.19. The molecule has 0 aromatic heterocycles. The molecule has 2 aromatic rings. The first-order valence-electron chi connectivity index (χ1n) is 9.36. The average Bonchev–Trinajstić information content (AvgIpc) is 2.71. The zero-order chi connectivity index (χ0) is 18.9. The maximum Gasteiger partial charge on any atom is 0.234 e. The van der Waals surface area contributed by atoms with E-state index in [1.807, 2.05) is 42.5 Å². The molecule has 3 N–H and O–H groups in total. The maximum absolute atomic E-state index is 12.3.